The fourth-order valence-electron chi connectivity index (χ4n) is 2.52. The van der Waals surface area contributed by atoms with Crippen molar-refractivity contribution in [2.24, 2.45) is 0 Å². The molecule has 0 fully saturated rings. The molecule has 0 aliphatic heterocycles. The number of carbonyl (C=O) groups is 1. The van der Waals surface area contributed by atoms with E-state index in [0.29, 0.717) is 16.1 Å². The van der Waals surface area contributed by atoms with Crippen LogP contribution in [0.5, 0.6) is 0 Å². The van der Waals surface area contributed by atoms with Crippen LogP contribution in [0.15, 0.2) is 41.1 Å². The monoisotopic (exact) mass is 421 g/mol. The first-order valence-corrected chi connectivity index (χ1v) is 11.6. The van der Waals surface area contributed by atoms with Crippen LogP contribution in [0, 0.1) is 6.92 Å². The molecule has 0 saturated carbocycles. The zero-order chi connectivity index (χ0) is 19.4. The highest BCUT2D eigenvalue weighted by Crippen LogP contribution is 2.29. The second-order valence-electron chi connectivity index (χ2n) is 5.86. The van der Waals surface area contributed by atoms with E-state index in [2.05, 4.69) is 15.0 Å². The quantitative estimate of drug-likeness (QED) is 0.613. The van der Waals surface area contributed by atoms with Gasteiger partial charge in [-0.05, 0) is 36.5 Å². The molecule has 0 aliphatic rings. The minimum atomic E-state index is -3.38. The van der Waals surface area contributed by atoms with E-state index in [0.717, 1.165) is 16.1 Å². The number of thiophene rings is 1. The molecular formula is C18H19N3O3S3. The molecule has 9 heteroatoms. The van der Waals surface area contributed by atoms with Crippen molar-refractivity contribution >= 4 is 38.6 Å². The summed E-state index contributed by atoms with van der Waals surface area (Å²) in [7, 11) is -2.00. The van der Waals surface area contributed by atoms with E-state index < -0.39 is 10.0 Å². The topological polar surface area (TPSA) is 88.2 Å². The predicted molar refractivity (Wildman–Crippen MR) is 109 cm³/mol. The van der Waals surface area contributed by atoms with Gasteiger partial charge in [-0.25, -0.2) is 18.1 Å². The molecule has 142 valence electrons. The highest BCUT2D eigenvalue weighted by atomic mass is 32.2. The van der Waals surface area contributed by atoms with Crippen molar-refractivity contribution in [2.75, 3.05) is 7.05 Å². The Morgan fingerprint density at radius 1 is 1.19 bits per heavy atom. The summed E-state index contributed by atoms with van der Waals surface area (Å²) < 4.78 is 26.0. The third-order valence-electron chi connectivity index (χ3n) is 3.99. The molecular weight excluding hydrogens is 402 g/mol. The van der Waals surface area contributed by atoms with Crippen LogP contribution in [-0.4, -0.2) is 26.4 Å². The van der Waals surface area contributed by atoms with Crippen LogP contribution in [0.2, 0.25) is 0 Å². The summed E-state index contributed by atoms with van der Waals surface area (Å²) in [5, 5.41) is 7.67. The Bertz CT molecular complexity index is 1040. The Morgan fingerprint density at radius 3 is 2.59 bits per heavy atom. The number of carbonyl (C=O) groups excluding carboxylic acids is 1. The number of nitrogens with one attached hydrogen (secondary N) is 2. The fourth-order valence-corrected chi connectivity index (χ4v) is 5.05. The average molecular weight is 422 g/mol. The third kappa shape index (κ3) is 4.81. The lowest BCUT2D eigenvalue weighted by Crippen LogP contribution is -2.25. The second kappa shape index (κ2) is 8.30. The number of hydrogen-bond acceptors (Lipinski definition) is 6. The van der Waals surface area contributed by atoms with Gasteiger partial charge >= 0.3 is 0 Å². The summed E-state index contributed by atoms with van der Waals surface area (Å²) in [5.74, 6) is -0.338. The first-order chi connectivity index (χ1) is 12.9. The van der Waals surface area contributed by atoms with E-state index in [-0.39, 0.29) is 18.2 Å². The lowest BCUT2D eigenvalue weighted by atomic mass is 10.1. The number of hydrogen-bond donors (Lipinski definition) is 2. The van der Waals surface area contributed by atoms with Gasteiger partial charge in [-0.15, -0.1) is 11.3 Å². The molecule has 0 spiro atoms. The summed E-state index contributed by atoms with van der Waals surface area (Å²) in [4.78, 5) is 17.7. The molecule has 0 atom stereocenters. The summed E-state index contributed by atoms with van der Waals surface area (Å²) in [6.07, 6.45) is 0. The zero-order valence-corrected chi connectivity index (χ0v) is 17.3. The lowest BCUT2D eigenvalue weighted by molar-refractivity contribution is 0.0954. The molecule has 6 nitrogen and oxygen atoms in total. The van der Waals surface area contributed by atoms with Crippen LogP contribution < -0.4 is 10.0 Å². The minimum absolute atomic E-state index is 0.128. The maximum absolute atomic E-state index is 12.6. The Morgan fingerprint density at radius 2 is 1.93 bits per heavy atom. The van der Waals surface area contributed by atoms with Gasteiger partial charge in [0.25, 0.3) is 5.91 Å². The number of rotatable bonds is 7. The number of nitrogens with zero attached hydrogens (tertiary/aromatic N) is 1. The molecule has 27 heavy (non-hydrogen) atoms. The summed E-state index contributed by atoms with van der Waals surface area (Å²) >= 11 is 2.94. The van der Waals surface area contributed by atoms with E-state index in [4.69, 9.17) is 0 Å². The van der Waals surface area contributed by atoms with Gasteiger partial charge in [-0.2, -0.15) is 11.3 Å². The van der Waals surface area contributed by atoms with Gasteiger partial charge in [0.2, 0.25) is 10.0 Å². The lowest BCUT2D eigenvalue weighted by Gasteiger charge is -2.10. The third-order valence-corrected chi connectivity index (χ3v) is 7.19. The maximum atomic E-state index is 12.6. The smallest absolute Gasteiger partial charge is 0.263 e. The zero-order valence-electron chi connectivity index (χ0n) is 14.9. The Hall–Kier alpha value is -2.07. The van der Waals surface area contributed by atoms with E-state index in [9.17, 15) is 13.2 Å². The number of amides is 1. The molecule has 0 radical (unpaired) electrons. The normalized spacial score (nSPS) is 11.5. The number of benzene rings is 1. The van der Waals surface area contributed by atoms with Crippen LogP contribution in [-0.2, 0) is 22.3 Å². The van der Waals surface area contributed by atoms with Gasteiger partial charge in [-0.1, -0.05) is 24.3 Å². The van der Waals surface area contributed by atoms with Crippen LogP contribution in [0.25, 0.3) is 10.6 Å². The van der Waals surface area contributed by atoms with Gasteiger partial charge in [0.1, 0.15) is 9.88 Å². The number of aromatic nitrogens is 1. The molecule has 1 amide bonds. The van der Waals surface area contributed by atoms with Crippen molar-refractivity contribution in [3.8, 4) is 10.6 Å². The minimum Gasteiger partial charge on any atom is -0.347 e. The molecule has 0 aliphatic carbocycles. The number of thiazole rings is 1. The molecule has 0 unspecified atom stereocenters. The number of sulfonamides is 1. The Labute approximate surface area is 166 Å². The van der Waals surface area contributed by atoms with E-state index in [1.54, 1.807) is 23.5 Å². The van der Waals surface area contributed by atoms with Crippen molar-refractivity contribution in [1.82, 2.24) is 15.0 Å². The predicted octanol–water partition coefficient (Wildman–Crippen LogP) is 3.16. The van der Waals surface area contributed by atoms with Gasteiger partial charge in [0.15, 0.2) is 0 Å². The average Bonchev–Trinajstić information content (AvgIpc) is 3.30. The highest BCUT2D eigenvalue weighted by Gasteiger charge is 2.17. The summed E-state index contributed by atoms with van der Waals surface area (Å²) in [5.41, 5.74) is 3.12. The van der Waals surface area contributed by atoms with E-state index in [1.165, 1.54) is 18.4 Å². The van der Waals surface area contributed by atoms with Crippen molar-refractivity contribution in [3.05, 3.63) is 62.8 Å². The van der Waals surface area contributed by atoms with Crippen molar-refractivity contribution < 1.29 is 13.2 Å². The summed E-state index contributed by atoms with van der Waals surface area (Å²) in [6.45, 7) is 2.06. The van der Waals surface area contributed by atoms with Crippen LogP contribution in [0.4, 0.5) is 0 Å². The van der Waals surface area contributed by atoms with Crippen molar-refractivity contribution in [3.63, 3.8) is 0 Å². The molecule has 0 bridgehead atoms. The fraction of sp³-hybridized carbons (Fsp3) is 0.222. The van der Waals surface area contributed by atoms with Gasteiger partial charge in [0.05, 0.1) is 11.4 Å². The molecule has 2 aromatic heterocycles. The van der Waals surface area contributed by atoms with Crippen LogP contribution in [0.1, 0.15) is 26.5 Å². The molecule has 3 rings (SSSR count). The first kappa shape index (κ1) is 19.7. The first-order valence-electron chi connectivity index (χ1n) is 8.16. The highest BCUT2D eigenvalue weighted by molar-refractivity contribution is 7.88. The second-order valence-corrected chi connectivity index (χ2v) is 9.57. The van der Waals surface area contributed by atoms with Gasteiger partial charge < -0.3 is 5.32 Å². The largest absolute Gasteiger partial charge is 0.347 e. The molecule has 2 N–H and O–H groups in total. The van der Waals surface area contributed by atoms with Gasteiger partial charge in [-0.3, -0.25) is 4.79 Å². The van der Waals surface area contributed by atoms with Crippen LogP contribution in [0.3, 0.4) is 0 Å². The molecule has 2 heterocycles. The van der Waals surface area contributed by atoms with Gasteiger partial charge in [0, 0.05) is 17.5 Å². The molecule has 1 aromatic carbocycles. The Balaban J connectivity index is 1.74. The van der Waals surface area contributed by atoms with Crippen molar-refractivity contribution in [2.45, 2.75) is 19.2 Å². The van der Waals surface area contributed by atoms with Crippen LogP contribution >= 0.6 is 22.7 Å². The van der Waals surface area contributed by atoms with Crippen molar-refractivity contribution in [1.29, 1.82) is 0 Å². The number of aryl methyl sites for hydroxylation is 1. The van der Waals surface area contributed by atoms with E-state index in [1.807, 2.05) is 35.9 Å². The molecule has 0 saturated heterocycles. The standard InChI is InChI=1S/C18H19N3O3S3/c1-12-16(26-18(21-12)14-7-8-25-10-14)17(22)20-9-13-5-3-4-6-15(13)11-27(23,24)19-2/h3-8,10,19H,9,11H2,1-2H3,(H,20,22). The summed E-state index contributed by atoms with van der Waals surface area (Å²) in [6, 6.07) is 9.15. The molecule has 3 aromatic rings. The SMILES string of the molecule is CNS(=O)(=O)Cc1ccccc1CNC(=O)c1sc(-c2ccsc2)nc1C. The Kier molecular flexibility index (Phi) is 6.05. The van der Waals surface area contributed by atoms with E-state index >= 15 is 0 Å². The maximum Gasteiger partial charge on any atom is 0.263 e.